The Balaban J connectivity index is 3.52. The van der Waals surface area contributed by atoms with Crippen molar-refractivity contribution in [1.29, 1.82) is 0 Å². The van der Waals surface area contributed by atoms with Gasteiger partial charge >= 0.3 is 0 Å². The second-order valence-electron chi connectivity index (χ2n) is 2.73. The minimum atomic E-state index is -0.706. The van der Waals surface area contributed by atoms with Crippen LogP contribution in [-0.2, 0) is 4.79 Å². The van der Waals surface area contributed by atoms with Gasteiger partial charge in [-0.2, -0.15) is 0 Å². The van der Waals surface area contributed by atoms with Crippen molar-refractivity contribution in [2.24, 2.45) is 0 Å². The van der Waals surface area contributed by atoms with Gasteiger partial charge < -0.3 is 15.3 Å². The molecule has 66 valence electrons. The highest BCUT2D eigenvalue weighted by molar-refractivity contribution is 5.78. The fourth-order valence-electron chi connectivity index (χ4n) is 0.621. The molecule has 4 heteroatoms. The number of carbonyl (C=O) groups is 1. The Morgan fingerprint density at radius 3 is 2.55 bits per heavy atom. The number of aliphatic hydroxyl groups excluding tert-OH is 1. The summed E-state index contributed by atoms with van der Waals surface area (Å²) >= 11 is 0. The molecule has 0 radical (unpaired) electrons. The topological polar surface area (TPSA) is 52.6 Å². The first kappa shape index (κ1) is 10.4. The van der Waals surface area contributed by atoms with Gasteiger partial charge in [-0.15, -0.1) is 0 Å². The van der Waals surface area contributed by atoms with Gasteiger partial charge in [0.15, 0.2) is 0 Å². The van der Waals surface area contributed by atoms with E-state index in [-0.39, 0.29) is 5.91 Å². The Hall–Kier alpha value is -0.610. The molecule has 0 aromatic carbocycles. The standard InChI is InChI=1S/C7H16N2O2/c1-4-6(10)8-7(11)5-9(2)3/h6,10H,4-5H2,1-3H3,(H,8,11). The SMILES string of the molecule is CCC(O)NC(=O)CN(C)C. The number of amides is 1. The van der Waals surface area contributed by atoms with Crippen molar-refractivity contribution in [3.05, 3.63) is 0 Å². The van der Waals surface area contributed by atoms with Gasteiger partial charge in [-0.25, -0.2) is 0 Å². The summed E-state index contributed by atoms with van der Waals surface area (Å²) in [5.41, 5.74) is 0. The number of carbonyl (C=O) groups excluding carboxylic acids is 1. The third-order valence-corrected chi connectivity index (χ3v) is 1.17. The van der Waals surface area contributed by atoms with Gasteiger partial charge in [-0.1, -0.05) is 6.92 Å². The number of nitrogens with zero attached hydrogens (tertiary/aromatic N) is 1. The number of hydrogen-bond acceptors (Lipinski definition) is 3. The molecule has 0 saturated carbocycles. The fourth-order valence-corrected chi connectivity index (χ4v) is 0.621. The highest BCUT2D eigenvalue weighted by Gasteiger charge is 2.06. The average molecular weight is 160 g/mol. The van der Waals surface area contributed by atoms with Gasteiger partial charge in [0.1, 0.15) is 6.23 Å². The van der Waals surface area contributed by atoms with Crippen LogP contribution < -0.4 is 5.32 Å². The van der Waals surface area contributed by atoms with E-state index < -0.39 is 6.23 Å². The third kappa shape index (κ3) is 5.82. The van der Waals surface area contributed by atoms with Crippen molar-refractivity contribution in [3.63, 3.8) is 0 Å². The van der Waals surface area contributed by atoms with Crippen LogP contribution in [0, 0.1) is 0 Å². The molecule has 0 saturated heterocycles. The molecule has 1 atom stereocenters. The Labute approximate surface area is 67.2 Å². The molecule has 0 spiro atoms. The summed E-state index contributed by atoms with van der Waals surface area (Å²) in [6.07, 6.45) is -0.165. The molecule has 1 unspecified atom stereocenters. The summed E-state index contributed by atoms with van der Waals surface area (Å²) in [5.74, 6) is -0.149. The fraction of sp³-hybridized carbons (Fsp3) is 0.857. The van der Waals surface area contributed by atoms with Crippen LogP contribution in [0.5, 0.6) is 0 Å². The lowest BCUT2D eigenvalue weighted by Gasteiger charge is -2.13. The molecule has 0 aliphatic carbocycles. The average Bonchev–Trinajstić information content (AvgIpc) is 1.85. The van der Waals surface area contributed by atoms with Crippen molar-refractivity contribution in [1.82, 2.24) is 10.2 Å². The Morgan fingerprint density at radius 2 is 2.18 bits per heavy atom. The zero-order valence-electron chi connectivity index (χ0n) is 7.29. The smallest absolute Gasteiger partial charge is 0.236 e. The van der Waals surface area contributed by atoms with Crippen LogP contribution >= 0.6 is 0 Å². The van der Waals surface area contributed by atoms with Crippen LogP contribution in [0.25, 0.3) is 0 Å². The lowest BCUT2D eigenvalue weighted by Crippen LogP contribution is -2.39. The molecule has 11 heavy (non-hydrogen) atoms. The minimum Gasteiger partial charge on any atom is -0.374 e. The van der Waals surface area contributed by atoms with E-state index in [0.717, 1.165) is 0 Å². The zero-order valence-corrected chi connectivity index (χ0v) is 7.29. The van der Waals surface area contributed by atoms with Gasteiger partial charge in [0.2, 0.25) is 5.91 Å². The molecular weight excluding hydrogens is 144 g/mol. The van der Waals surface area contributed by atoms with Crippen LogP contribution in [0.15, 0.2) is 0 Å². The maximum Gasteiger partial charge on any atom is 0.236 e. The summed E-state index contributed by atoms with van der Waals surface area (Å²) in [4.78, 5) is 12.7. The summed E-state index contributed by atoms with van der Waals surface area (Å²) in [7, 11) is 3.61. The number of rotatable bonds is 4. The molecule has 1 amide bonds. The summed E-state index contributed by atoms with van der Waals surface area (Å²) in [5, 5.41) is 11.4. The van der Waals surface area contributed by atoms with E-state index in [1.165, 1.54) is 0 Å². The second-order valence-corrected chi connectivity index (χ2v) is 2.73. The number of aliphatic hydroxyl groups is 1. The molecule has 0 aromatic rings. The molecule has 0 fully saturated rings. The summed E-state index contributed by atoms with van der Waals surface area (Å²) in [6, 6.07) is 0. The highest BCUT2D eigenvalue weighted by atomic mass is 16.3. The Kier molecular flexibility index (Phi) is 4.81. The monoisotopic (exact) mass is 160 g/mol. The zero-order chi connectivity index (χ0) is 8.85. The molecule has 0 heterocycles. The third-order valence-electron chi connectivity index (χ3n) is 1.17. The van der Waals surface area contributed by atoms with E-state index in [0.29, 0.717) is 13.0 Å². The van der Waals surface area contributed by atoms with Crippen molar-refractivity contribution in [3.8, 4) is 0 Å². The van der Waals surface area contributed by atoms with E-state index in [9.17, 15) is 4.79 Å². The Bertz CT molecular complexity index is 126. The van der Waals surface area contributed by atoms with E-state index in [2.05, 4.69) is 5.32 Å². The van der Waals surface area contributed by atoms with Crippen LogP contribution in [0.1, 0.15) is 13.3 Å². The van der Waals surface area contributed by atoms with E-state index in [1.807, 2.05) is 0 Å². The molecule has 0 aliphatic rings. The predicted molar refractivity (Wildman–Crippen MR) is 43.0 cm³/mol. The van der Waals surface area contributed by atoms with Gasteiger partial charge in [0, 0.05) is 0 Å². The molecule has 0 aliphatic heterocycles. The van der Waals surface area contributed by atoms with E-state index in [4.69, 9.17) is 5.11 Å². The van der Waals surface area contributed by atoms with Crippen LogP contribution in [-0.4, -0.2) is 42.8 Å². The number of likely N-dealkylation sites (N-methyl/N-ethyl adjacent to an activating group) is 1. The maximum atomic E-state index is 10.9. The second kappa shape index (κ2) is 5.09. The Morgan fingerprint density at radius 1 is 1.64 bits per heavy atom. The number of nitrogens with one attached hydrogen (secondary N) is 1. The predicted octanol–water partition coefficient (Wildman–Crippen LogP) is -0.607. The van der Waals surface area contributed by atoms with Gasteiger partial charge in [-0.3, -0.25) is 4.79 Å². The lowest BCUT2D eigenvalue weighted by molar-refractivity contribution is -0.124. The van der Waals surface area contributed by atoms with Crippen molar-refractivity contribution >= 4 is 5.91 Å². The summed E-state index contributed by atoms with van der Waals surface area (Å²) < 4.78 is 0. The van der Waals surface area contributed by atoms with Gasteiger partial charge in [0.05, 0.1) is 6.54 Å². The maximum absolute atomic E-state index is 10.9. The largest absolute Gasteiger partial charge is 0.374 e. The normalized spacial score (nSPS) is 13.2. The lowest BCUT2D eigenvalue weighted by atomic mass is 10.4. The van der Waals surface area contributed by atoms with Crippen molar-refractivity contribution in [2.45, 2.75) is 19.6 Å². The molecule has 0 aromatic heterocycles. The van der Waals surface area contributed by atoms with Crippen LogP contribution in [0.4, 0.5) is 0 Å². The van der Waals surface area contributed by atoms with Gasteiger partial charge in [-0.05, 0) is 20.5 Å². The van der Waals surface area contributed by atoms with Crippen LogP contribution in [0.2, 0.25) is 0 Å². The van der Waals surface area contributed by atoms with E-state index >= 15 is 0 Å². The minimum absolute atomic E-state index is 0.149. The molecule has 4 nitrogen and oxygen atoms in total. The molecule has 2 N–H and O–H groups in total. The van der Waals surface area contributed by atoms with Crippen LogP contribution in [0.3, 0.4) is 0 Å². The first-order valence-corrected chi connectivity index (χ1v) is 3.68. The molecule has 0 rings (SSSR count). The van der Waals surface area contributed by atoms with E-state index in [1.54, 1.807) is 25.9 Å². The summed E-state index contributed by atoms with van der Waals surface area (Å²) in [6.45, 7) is 2.12. The highest BCUT2D eigenvalue weighted by Crippen LogP contribution is 1.84. The van der Waals surface area contributed by atoms with Gasteiger partial charge in [0.25, 0.3) is 0 Å². The molecule has 0 bridgehead atoms. The van der Waals surface area contributed by atoms with Crippen molar-refractivity contribution in [2.75, 3.05) is 20.6 Å². The first-order chi connectivity index (χ1) is 5.06. The number of hydrogen-bond donors (Lipinski definition) is 2. The van der Waals surface area contributed by atoms with Crippen molar-refractivity contribution < 1.29 is 9.90 Å². The quantitative estimate of drug-likeness (QED) is 0.540. The first-order valence-electron chi connectivity index (χ1n) is 3.68. The molecular formula is C7H16N2O2.